The van der Waals surface area contributed by atoms with Crippen LogP contribution in [-0.4, -0.2) is 13.1 Å². The first-order chi connectivity index (χ1) is 9.60. The maximum absolute atomic E-state index is 13.1. The fourth-order valence-corrected chi connectivity index (χ4v) is 1.94. The van der Waals surface area contributed by atoms with Gasteiger partial charge in [0.05, 0.1) is 12.7 Å². The minimum atomic E-state index is -0.393. The third kappa shape index (κ3) is 3.35. The van der Waals surface area contributed by atoms with E-state index in [1.54, 1.807) is 12.1 Å². The maximum Gasteiger partial charge on any atom is 0.339 e. The van der Waals surface area contributed by atoms with Crippen LogP contribution in [0.3, 0.4) is 0 Å². The van der Waals surface area contributed by atoms with Crippen LogP contribution in [0.1, 0.15) is 21.5 Å². The molecule has 0 saturated heterocycles. The van der Waals surface area contributed by atoms with Gasteiger partial charge in [0.1, 0.15) is 5.82 Å². The molecule has 104 valence electrons. The minimum absolute atomic E-state index is 0.276. The third-order valence-electron chi connectivity index (χ3n) is 2.95. The normalized spacial score (nSPS) is 10.2. The molecule has 0 unspecified atom stereocenters. The average Bonchev–Trinajstić information content (AvgIpc) is 2.45. The summed E-state index contributed by atoms with van der Waals surface area (Å²) in [6.07, 6.45) is 0. The van der Waals surface area contributed by atoms with Gasteiger partial charge < -0.3 is 10.1 Å². The van der Waals surface area contributed by atoms with Gasteiger partial charge in [0.2, 0.25) is 0 Å². The van der Waals surface area contributed by atoms with E-state index in [4.69, 9.17) is 4.74 Å². The Hall–Kier alpha value is -2.36. The molecule has 2 aromatic rings. The van der Waals surface area contributed by atoms with Crippen molar-refractivity contribution in [3.05, 3.63) is 65.0 Å². The molecule has 0 atom stereocenters. The molecule has 0 aliphatic heterocycles. The van der Waals surface area contributed by atoms with Crippen molar-refractivity contribution in [3.8, 4) is 0 Å². The highest BCUT2D eigenvalue weighted by molar-refractivity contribution is 5.95. The van der Waals surface area contributed by atoms with Gasteiger partial charge in [-0.3, -0.25) is 0 Å². The molecule has 2 aromatic carbocycles. The number of ether oxygens (including phenoxy) is 1. The first-order valence-corrected chi connectivity index (χ1v) is 6.27. The van der Waals surface area contributed by atoms with E-state index in [0.29, 0.717) is 17.8 Å². The summed E-state index contributed by atoms with van der Waals surface area (Å²) in [5, 5.41) is 3.13. The summed E-state index contributed by atoms with van der Waals surface area (Å²) in [6.45, 7) is 2.34. The zero-order valence-corrected chi connectivity index (χ0v) is 11.4. The lowest BCUT2D eigenvalue weighted by Gasteiger charge is -2.11. The first-order valence-electron chi connectivity index (χ1n) is 6.27. The molecule has 0 fully saturated rings. The van der Waals surface area contributed by atoms with Crippen LogP contribution < -0.4 is 5.32 Å². The van der Waals surface area contributed by atoms with Gasteiger partial charge in [-0.1, -0.05) is 23.8 Å². The molecule has 20 heavy (non-hydrogen) atoms. The number of hydrogen-bond donors (Lipinski definition) is 1. The summed E-state index contributed by atoms with van der Waals surface area (Å²) in [5.74, 6) is -0.670. The van der Waals surface area contributed by atoms with Crippen molar-refractivity contribution >= 4 is 11.7 Å². The van der Waals surface area contributed by atoms with Gasteiger partial charge >= 0.3 is 5.97 Å². The van der Waals surface area contributed by atoms with Crippen molar-refractivity contribution in [2.24, 2.45) is 0 Å². The number of aryl methyl sites for hydroxylation is 1. The molecular formula is C16H16FNO2. The molecule has 0 heterocycles. The van der Waals surface area contributed by atoms with E-state index < -0.39 is 5.97 Å². The van der Waals surface area contributed by atoms with Crippen molar-refractivity contribution in [1.82, 2.24) is 0 Å². The largest absolute Gasteiger partial charge is 0.465 e. The van der Waals surface area contributed by atoms with Crippen LogP contribution in [-0.2, 0) is 11.3 Å². The highest BCUT2D eigenvalue weighted by atomic mass is 19.1. The summed E-state index contributed by atoms with van der Waals surface area (Å²) in [6, 6.07) is 11.8. The van der Waals surface area contributed by atoms with Gasteiger partial charge in [-0.25, -0.2) is 9.18 Å². The van der Waals surface area contributed by atoms with Crippen molar-refractivity contribution in [3.63, 3.8) is 0 Å². The molecule has 0 bridgehead atoms. The van der Waals surface area contributed by atoms with Gasteiger partial charge in [0.25, 0.3) is 0 Å². The predicted molar refractivity (Wildman–Crippen MR) is 76.2 cm³/mol. The standard InChI is InChI=1S/C16H16FNO2/c1-11-6-7-15(14(8-11)16(19)20-2)18-10-12-4-3-5-13(17)9-12/h3-9,18H,10H2,1-2H3. The molecule has 4 heteroatoms. The number of hydrogen-bond acceptors (Lipinski definition) is 3. The quantitative estimate of drug-likeness (QED) is 0.866. The number of carbonyl (C=O) groups is 1. The number of nitrogens with one attached hydrogen (secondary N) is 1. The average molecular weight is 273 g/mol. The first kappa shape index (κ1) is 14.1. The number of rotatable bonds is 4. The maximum atomic E-state index is 13.1. The monoisotopic (exact) mass is 273 g/mol. The van der Waals surface area contributed by atoms with Gasteiger partial charge in [0.15, 0.2) is 0 Å². The topological polar surface area (TPSA) is 38.3 Å². The molecule has 0 spiro atoms. The second-order valence-corrected chi connectivity index (χ2v) is 4.52. The Kier molecular flexibility index (Phi) is 4.35. The van der Waals surface area contributed by atoms with Crippen LogP contribution >= 0.6 is 0 Å². The Labute approximate surface area is 117 Å². The number of esters is 1. The van der Waals surface area contributed by atoms with E-state index in [-0.39, 0.29) is 5.82 Å². The molecule has 0 saturated carbocycles. The van der Waals surface area contributed by atoms with Crippen LogP contribution in [0.5, 0.6) is 0 Å². The lowest BCUT2D eigenvalue weighted by atomic mass is 10.1. The number of halogens is 1. The van der Waals surface area contributed by atoms with Crippen LogP contribution in [0.4, 0.5) is 10.1 Å². The molecule has 0 aliphatic carbocycles. The molecule has 0 aromatic heterocycles. The second kappa shape index (κ2) is 6.19. The number of benzene rings is 2. The SMILES string of the molecule is COC(=O)c1cc(C)ccc1NCc1cccc(F)c1. The van der Waals surface area contributed by atoms with Gasteiger partial charge in [-0.15, -0.1) is 0 Å². The molecule has 2 rings (SSSR count). The Bertz CT molecular complexity index is 626. The number of methoxy groups -OCH3 is 1. The van der Waals surface area contributed by atoms with Crippen molar-refractivity contribution < 1.29 is 13.9 Å². The van der Waals surface area contributed by atoms with E-state index in [1.807, 2.05) is 25.1 Å². The molecular weight excluding hydrogens is 257 g/mol. The van der Waals surface area contributed by atoms with E-state index in [2.05, 4.69) is 5.32 Å². The van der Waals surface area contributed by atoms with Crippen molar-refractivity contribution in [1.29, 1.82) is 0 Å². The van der Waals surface area contributed by atoms with Crippen LogP contribution in [0.15, 0.2) is 42.5 Å². The Morgan fingerprint density at radius 3 is 2.75 bits per heavy atom. The summed E-state index contributed by atoms with van der Waals surface area (Å²) < 4.78 is 17.9. The van der Waals surface area contributed by atoms with Gasteiger partial charge in [-0.05, 0) is 36.8 Å². The van der Waals surface area contributed by atoms with Gasteiger partial charge in [-0.2, -0.15) is 0 Å². The number of carbonyl (C=O) groups excluding carboxylic acids is 1. The third-order valence-corrected chi connectivity index (χ3v) is 2.95. The Balaban J connectivity index is 2.19. The summed E-state index contributed by atoms with van der Waals surface area (Å²) in [5.41, 5.74) is 2.93. The molecule has 3 nitrogen and oxygen atoms in total. The fraction of sp³-hybridized carbons (Fsp3) is 0.188. The van der Waals surface area contributed by atoms with Crippen molar-refractivity contribution in [2.45, 2.75) is 13.5 Å². The van der Waals surface area contributed by atoms with Crippen LogP contribution in [0, 0.1) is 12.7 Å². The zero-order valence-electron chi connectivity index (χ0n) is 11.4. The van der Waals surface area contributed by atoms with Crippen LogP contribution in [0.2, 0.25) is 0 Å². The van der Waals surface area contributed by atoms with Crippen molar-refractivity contribution in [2.75, 3.05) is 12.4 Å². The minimum Gasteiger partial charge on any atom is -0.465 e. The summed E-state index contributed by atoms with van der Waals surface area (Å²) in [4.78, 5) is 11.7. The van der Waals surface area contributed by atoms with E-state index in [0.717, 1.165) is 11.1 Å². The summed E-state index contributed by atoms with van der Waals surface area (Å²) in [7, 11) is 1.35. The molecule has 0 radical (unpaired) electrons. The van der Waals surface area contributed by atoms with E-state index in [9.17, 15) is 9.18 Å². The van der Waals surface area contributed by atoms with Gasteiger partial charge in [0, 0.05) is 12.2 Å². The van der Waals surface area contributed by atoms with E-state index >= 15 is 0 Å². The highest BCUT2D eigenvalue weighted by Gasteiger charge is 2.11. The zero-order chi connectivity index (χ0) is 14.5. The molecule has 0 aliphatic rings. The molecule has 1 N–H and O–H groups in total. The second-order valence-electron chi connectivity index (χ2n) is 4.52. The predicted octanol–water partition coefficient (Wildman–Crippen LogP) is 3.53. The summed E-state index contributed by atoms with van der Waals surface area (Å²) >= 11 is 0. The smallest absolute Gasteiger partial charge is 0.339 e. The highest BCUT2D eigenvalue weighted by Crippen LogP contribution is 2.19. The lowest BCUT2D eigenvalue weighted by molar-refractivity contribution is 0.0601. The number of anilines is 1. The molecule has 0 amide bonds. The van der Waals surface area contributed by atoms with E-state index in [1.165, 1.54) is 19.2 Å². The Morgan fingerprint density at radius 1 is 1.25 bits per heavy atom. The Morgan fingerprint density at radius 2 is 2.05 bits per heavy atom. The lowest BCUT2D eigenvalue weighted by Crippen LogP contribution is -2.08. The fourth-order valence-electron chi connectivity index (χ4n) is 1.94. The van der Waals surface area contributed by atoms with Crippen LogP contribution in [0.25, 0.3) is 0 Å².